The second kappa shape index (κ2) is 18.2. The maximum atomic E-state index is 13.6. The van der Waals surface area contributed by atoms with Gasteiger partial charge in [0.1, 0.15) is 0 Å². The van der Waals surface area contributed by atoms with E-state index in [1.807, 2.05) is 25.7 Å². The van der Waals surface area contributed by atoms with E-state index in [2.05, 4.69) is 80.4 Å². The van der Waals surface area contributed by atoms with Crippen molar-refractivity contribution in [2.24, 2.45) is 0 Å². The van der Waals surface area contributed by atoms with Crippen molar-refractivity contribution in [2.45, 2.75) is 57.5 Å². The van der Waals surface area contributed by atoms with Crippen LogP contribution in [-0.2, 0) is 20.8 Å². The van der Waals surface area contributed by atoms with Crippen LogP contribution in [0.2, 0.25) is 0 Å². The molecule has 11 nitrogen and oxygen atoms in total. The van der Waals surface area contributed by atoms with Crippen molar-refractivity contribution in [3.63, 3.8) is 0 Å². The minimum atomic E-state index is -0.548. The fraction of sp³-hybridized carbons (Fsp3) is 0.528. The lowest BCUT2D eigenvalue weighted by Crippen LogP contribution is -2.68. The molecule has 3 saturated heterocycles. The van der Waals surface area contributed by atoms with Gasteiger partial charge in [0.15, 0.2) is 6.10 Å². The van der Waals surface area contributed by atoms with Crippen LogP contribution in [0.1, 0.15) is 43.4 Å². The number of amides is 1. The number of nitrogens with zero attached hydrogens (tertiary/aromatic N) is 5. The number of hydrogen-bond acceptors (Lipinski definition) is 10. The topological polar surface area (TPSA) is 98.7 Å². The number of aromatic nitrogens is 2. The molecule has 3 aromatic rings. The fourth-order valence-electron chi connectivity index (χ4n) is 7.10. The lowest BCUT2D eigenvalue weighted by atomic mass is 9.81. The highest BCUT2D eigenvalue weighted by Crippen LogP contribution is 2.38. The molecule has 3 fully saturated rings. The van der Waals surface area contributed by atoms with E-state index < -0.39 is 6.10 Å². The minimum absolute atomic E-state index is 0. The van der Waals surface area contributed by atoms with E-state index in [0.29, 0.717) is 57.8 Å². The van der Waals surface area contributed by atoms with E-state index in [1.54, 1.807) is 7.11 Å². The molecule has 1 aromatic heterocycles. The summed E-state index contributed by atoms with van der Waals surface area (Å²) in [6.07, 6.45) is -0.648. The molecule has 4 heterocycles. The highest BCUT2D eigenvalue weighted by atomic mass is 35.5. The monoisotopic (exact) mass is 717 g/mol. The van der Waals surface area contributed by atoms with Gasteiger partial charge in [-0.3, -0.25) is 14.6 Å². The predicted octanol–water partition coefficient (Wildman–Crippen LogP) is 4.46. The molecule has 6 rings (SSSR count). The Morgan fingerprint density at radius 2 is 1.59 bits per heavy atom. The summed E-state index contributed by atoms with van der Waals surface area (Å²) in [6, 6.07) is 22.0. The van der Waals surface area contributed by atoms with Gasteiger partial charge in [0, 0.05) is 57.3 Å². The molecule has 49 heavy (non-hydrogen) atoms. The number of ether oxygens (including phenoxy) is 5. The summed E-state index contributed by atoms with van der Waals surface area (Å²) < 4.78 is 29.1. The third-order valence-corrected chi connectivity index (χ3v) is 9.08. The fourth-order valence-corrected chi connectivity index (χ4v) is 7.10. The van der Waals surface area contributed by atoms with Crippen LogP contribution in [0.15, 0.2) is 60.7 Å². The summed E-state index contributed by atoms with van der Waals surface area (Å²) in [5.74, 6) is 1.03. The SMILES string of the molecule is CCOc1nc(OC)c(CN2C[C@@H]3CN(C(=O)C4COCCO4)CCN3[C@H](C(c3ccccc3)c3ccccc3)C2)c(OC(C)C)n1.Cl.Cl. The summed E-state index contributed by atoms with van der Waals surface area (Å²) in [4.78, 5) is 29.9. The van der Waals surface area contributed by atoms with Crippen molar-refractivity contribution < 1.29 is 28.5 Å². The molecule has 3 aliphatic rings. The first-order chi connectivity index (χ1) is 22.9. The third-order valence-electron chi connectivity index (χ3n) is 9.08. The molecule has 1 amide bonds. The minimum Gasteiger partial charge on any atom is -0.481 e. The Hall–Kier alpha value is -3.19. The molecule has 268 valence electrons. The van der Waals surface area contributed by atoms with Crippen LogP contribution >= 0.6 is 24.8 Å². The highest BCUT2D eigenvalue weighted by molar-refractivity contribution is 5.85. The van der Waals surface area contributed by atoms with Crippen LogP contribution in [0.5, 0.6) is 17.8 Å². The van der Waals surface area contributed by atoms with Gasteiger partial charge in [0.05, 0.1) is 45.2 Å². The van der Waals surface area contributed by atoms with Crippen molar-refractivity contribution in [3.05, 3.63) is 77.4 Å². The molecule has 3 atom stereocenters. The first-order valence-electron chi connectivity index (χ1n) is 16.8. The van der Waals surface area contributed by atoms with Crippen LogP contribution < -0.4 is 14.2 Å². The molecule has 0 bridgehead atoms. The summed E-state index contributed by atoms with van der Waals surface area (Å²) in [5, 5.41) is 0. The smallest absolute Gasteiger partial charge is 0.323 e. The molecule has 0 N–H and O–H groups in total. The van der Waals surface area contributed by atoms with Gasteiger partial charge in [0.25, 0.3) is 5.91 Å². The van der Waals surface area contributed by atoms with E-state index in [-0.39, 0.29) is 60.8 Å². The molecule has 0 spiro atoms. The van der Waals surface area contributed by atoms with Gasteiger partial charge < -0.3 is 28.6 Å². The summed E-state index contributed by atoms with van der Waals surface area (Å²) in [6.45, 7) is 11.6. The van der Waals surface area contributed by atoms with Crippen LogP contribution in [0.4, 0.5) is 0 Å². The third kappa shape index (κ3) is 9.14. The largest absolute Gasteiger partial charge is 0.481 e. The quantitative estimate of drug-likeness (QED) is 0.283. The molecule has 0 saturated carbocycles. The first kappa shape index (κ1) is 38.6. The number of methoxy groups -OCH3 is 1. The molecule has 0 aliphatic carbocycles. The van der Waals surface area contributed by atoms with Crippen molar-refractivity contribution in [2.75, 3.05) is 66.3 Å². The van der Waals surface area contributed by atoms with Crippen LogP contribution in [0.25, 0.3) is 0 Å². The summed E-state index contributed by atoms with van der Waals surface area (Å²) in [7, 11) is 1.62. The molecule has 2 aromatic carbocycles. The van der Waals surface area contributed by atoms with Gasteiger partial charge >= 0.3 is 6.01 Å². The van der Waals surface area contributed by atoms with E-state index in [0.717, 1.165) is 25.2 Å². The Bertz CT molecular complexity index is 1430. The van der Waals surface area contributed by atoms with Crippen LogP contribution in [-0.4, -0.2) is 121 Å². The molecular formula is C36H49Cl2N5O6. The molecule has 1 unspecified atom stereocenters. The predicted molar refractivity (Wildman–Crippen MR) is 191 cm³/mol. The zero-order valence-electron chi connectivity index (χ0n) is 28.7. The van der Waals surface area contributed by atoms with Gasteiger partial charge in [0.2, 0.25) is 11.8 Å². The van der Waals surface area contributed by atoms with E-state index in [9.17, 15) is 4.79 Å². The number of fused-ring (bicyclic) bond motifs is 1. The van der Waals surface area contributed by atoms with Gasteiger partial charge in [-0.1, -0.05) is 60.7 Å². The van der Waals surface area contributed by atoms with Crippen molar-refractivity contribution in [1.29, 1.82) is 0 Å². The van der Waals surface area contributed by atoms with Crippen LogP contribution in [0, 0.1) is 0 Å². The molecule has 13 heteroatoms. The van der Waals surface area contributed by atoms with Crippen LogP contribution in [0.3, 0.4) is 0 Å². The van der Waals surface area contributed by atoms with Crippen molar-refractivity contribution >= 4 is 30.7 Å². The Labute approximate surface area is 302 Å². The zero-order valence-corrected chi connectivity index (χ0v) is 30.4. The molecular weight excluding hydrogens is 669 g/mol. The Kier molecular flexibility index (Phi) is 14.3. The maximum absolute atomic E-state index is 13.6. The van der Waals surface area contributed by atoms with Crippen molar-refractivity contribution in [1.82, 2.24) is 24.7 Å². The second-order valence-corrected chi connectivity index (χ2v) is 12.6. The van der Waals surface area contributed by atoms with E-state index >= 15 is 0 Å². The molecule has 0 radical (unpaired) electrons. The summed E-state index contributed by atoms with van der Waals surface area (Å²) in [5.41, 5.74) is 3.31. The maximum Gasteiger partial charge on any atom is 0.323 e. The van der Waals surface area contributed by atoms with Gasteiger partial charge in [-0.25, -0.2) is 0 Å². The first-order valence-corrected chi connectivity index (χ1v) is 16.8. The number of piperazine rings is 2. The number of benzene rings is 2. The number of halogens is 2. The number of hydrogen-bond donors (Lipinski definition) is 0. The lowest BCUT2D eigenvalue weighted by Gasteiger charge is -2.53. The average Bonchev–Trinajstić information content (AvgIpc) is 3.10. The van der Waals surface area contributed by atoms with E-state index in [1.165, 1.54) is 11.1 Å². The van der Waals surface area contributed by atoms with Gasteiger partial charge in [-0.2, -0.15) is 9.97 Å². The Morgan fingerprint density at radius 1 is 0.918 bits per heavy atom. The highest BCUT2D eigenvalue weighted by Gasteiger charge is 2.44. The van der Waals surface area contributed by atoms with Gasteiger partial charge in [-0.15, -0.1) is 24.8 Å². The standard InChI is InChI=1S/C36H47N5O6.2ClH/c1-5-45-36-37-33(43-4)29(34(38-36)47-25(2)3)22-39-20-28-21-40(35(42)31-24-44-18-19-46-31)16-17-41(28)30(23-39)32(26-12-8-6-9-13-26)27-14-10-7-11-15-27;;/h6-15,25,28,30-32H,5,16-24H2,1-4H3;2*1H/t28-,30+,31?;;/m1../s1. The summed E-state index contributed by atoms with van der Waals surface area (Å²) >= 11 is 0. The normalized spacial score (nSPS) is 21.3. The number of rotatable bonds is 11. The molecule has 3 aliphatic heterocycles. The number of carbonyl (C=O) groups is 1. The number of carbonyl (C=O) groups excluding carboxylic acids is 1. The lowest BCUT2D eigenvalue weighted by molar-refractivity contribution is -0.162. The second-order valence-electron chi connectivity index (χ2n) is 12.6. The zero-order chi connectivity index (χ0) is 32.8. The Balaban J connectivity index is 0.00000270. The van der Waals surface area contributed by atoms with E-state index in [4.69, 9.17) is 23.7 Å². The van der Waals surface area contributed by atoms with Gasteiger partial charge in [-0.05, 0) is 31.9 Å². The van der Waals surface area contributed by atoms with Crippen molar-refractivity contribution in [3.8, 4) is 17.8 Å². The Morgan fingerprint density at radius 3 is 2.18 bits per heavy atom. The average molecular weight is 719 g/mol.